The first-order valence-corrected chi connectivity index (χ1v) is 9.63. The molecule has 1 aliphatic rings. The molecular weight excluding hydrogens is 340 g/mol. The van der Waals surface area contributed by atoms with E-state index in [1.54, 1.807) is 6.20 Å². The molecule has 2 aromatic rings. The van der Waals surface area contributed by atoms with Gasteiger partial charge in [-0.15, -0.1) is 0 Å². The molecule has 1 aromatic heterocycles. The number of nitrogens with one attached hydrogen (secondary N) is 2. The molecule has 1 aliphatic carbocycles. The highest BCUT2D eigenvalue weighted by Gasteiger charge is 2.43. The van der Waals surface area contributed by atoms with Crippen LogP contribution >= 0.6 is 0 Å². The van der Waals surface area contributed by atoms with E-state index < -0.39 is 10.0 Å². The summed E-state index contributed by atoms with van der Waals surface area (Å²) in [6.45, 7) is 3.09. The van der Waals surface area contributed by atoms with E-state index in [1.165, 1.54) is 31.3 Å². The maximum absolute atomic E-state index is 12.5. The van der Waals surface area contributed by atoms with E-state index in [4.69, 9.17) is 0 Å². The highest BCUT2D eigenvalue weighted by molar-refractivity contribution is 7.89. The molecule has 0 atom stereocenters. The van der Waals surface area contributed by atoms with E-state index in [1.807, 2.05) is 13.1 Å². The smallest absolute Gasteiger partial charge is 0.251 e. The van der Waals surface area contributed by atoms with Gasteiger partial charge in [0, 0.05) is 43.5 Å². The van der Waals surface area contributed by atoms with Gasteiger partial charge in [-0.05, 0) is 44.0 Å². The van der Waals surface area contributed by atoms with E-state index in [-0.39, 0.29) is 16.2 Å². The molecule has 1 saturated carbocycles. The second-order valence-corrected chi connectivity index (χ2v) is 8.30. The Balaban J connectivity index is 1.66. The Kier molecular flexibility index (Phi) is 4.66. The van der Waals surface area contributed by atoms with Gasteiger partial charge < -0.3 is 9.88 Å². The van der Waals surface area contributed by atoms with Crippen LogP contribution in [0.4, 0.5) is 0 Å². The van der Waals surface area contributed by atoms with Crippen molar-refractivity contribution in [1.29, 1.82) is 0 Å². The Bertz CT molecular complexity index is 868. The van der Waals surface area contributed by atoms with Crippen molar-refractivity contribution < 1.29 is 13.2 Å². The fraction of sp³-hybridized carbons (Fsp3) is 0.412. The Labute approximate surface area is 147 Å². The van der Waals surface area contributed by atoms with Crippen LogP contribution < -0.4 is 10.0 Å². The number of amides is 1. The van der Waals surface area contributed by atoms with Crippen molar-refractivity contribution in [3.63, 3.8) is 0 Å². The molecule has 7 nitrogen and oxygen atoms in total. The van der Waals surface area contributed by atoms with E-state index in [9.17, 15) is 13.2 Å². The number of imidazole rings is 1. The number of hydrogen-bond acceptors (Lipinski definition) is 4. The summed E-state index contributed by atoms with van der Waals surface area (Å²) in [5.74, 6) is 0.684. The molecule has 0 saturated heterocycles. The third kappa shape index (κ3) is 3.91. The van der Waals surface area contributed by atoms with Crippen LogP contribution in [-0.2, 0) is 16.6 Å². The monoisotopic (exact) mass is 362 g/mol. The number of benzene rings is 1. The summed E-state index contributed by atoms with van der Waals surface area (Å²) in [4.78, 5) is 15.9. The maximum atomic E-state index is 12.5. The fourth-order valence-electron chi connectivity index (χ4n) is 2.76. The van der Waals surface area contributed by atoms with E-state index in [0.717, 1.165) is 25.2 Å². The van der Waals surface area contributed by atoms with Crippen LogP contribution in [0, 0.1) is 12.3 Å². The Hall–Kier alpha value is -2.19. The molecule has 0 unspecified atom stereocenters. The Morgan fingerprint density at radius 3 is 2.48 bits per heavy atom. The molecule has 2 N–H and O–H groups in total. The topological polar surface area (TPSA) is 93.1 Å². The zero-order valence-electron chi connectivity index (χ0n) is 14.3. The number of nitrogens with zero attached hydrogens (tertiary/aromatic N) is 2. The van der Waals surface area contributed by atoms with Crippen molar-refractivity contribution in [3.05, 3.63) is 48.0 Å². The Morgan fingerprint density at radius 2 is 1.96 bits per heavy atom. The molecule has 0 bridgehead atoms. The third-order valence-corrected chi connectivity index (χ3v) is 6.09. The van der Waals surface area contributed by atoms with Crippen molar-refractivity contribution in [2.45, 2.75) is 31.2 Å². The molecule has 25 heavy (non-hydrogen) atoms. The van der Waals surface area contributed by atoms with Gasteiger partial charge in [0.25, 0.3) is 5.91 Å². The van der Waals surface area contributed by atoms with Gasteiger partial charge in [-0.3, -0.25) is 4.79 Å². The molecule has 1 aromatic carbocycles. The Morgan fingerprint density at radius 1 is 1.28 bits per heavy atom. The first-order chi connectivity index (χ1) is 11.9. The largest absolute Gasteiger partial charge is 0.355 e. The molecule has 0 aliphatic heterocycles. The van der Waals surface area contributed by atoms with E-state index in [2.05, 4.69) is 19.6 Å². The minimum Gasteiger partial charge on any atom is -0.355 e. The highest BCUT2D eigenvalue weighted by Crippen LogP contribution is 2.46. The lowest BCUT2D eigenvalue weighted by Crippen LogP contribution is -2.32. The second kappa shape index (κ2) is 6.61. The quantitative estimate of drug-likeness (QED) is 0.777. The standard InChI is InChI=1S/C17H22N4O3S/c1-13-19-9-10-21(13)12-17(7-8-17)11-20-25(23,24)15-5-3-14(4-6-15)16(22)18-2/h3-6,9-10,20H,7-8,11-12H2,1-2H3,(H,18,22). The number of aryl methyl sites for hydroxylation is 1. The molecule has 1 amide bonds. The first-order valence-electron chi connectivity index (χ1n) is 8.15. The fourth-order valence-corrected chi connectivity index (χ4v) is 3.92. The maximum Gasteiger partial charge on any atom is 0.251 e. The molecule has 134 valence electrons. The molecule has 0 radical (unpaired) electrons. The number of hydrogen-bond donors (Lipinski definition) is 2. The lowest BCUT2D eigenvalue weighted by molar-refractivity contribution is 0.0963. The molecule has 1 fully saturated rings. The van der Waals surface area contributed by atoms with Crippen LogP contribution in [0.2, 0.25) is 0 Å². The average Bonchev–Trinajstić information content (AvgIpc) is 3.27. The first kappa shape index (κ1) is 17.6. The molecule has 0 spiro atoms. The van der Waals surface area contributed by atoms with Crippen LogP contribution in [0.15, 0.2) is 41.6 Å². The lowest BCUT2D eigenvalue weighted by Gasteiger charge is -2.18. The number of rotatable bonds is 7. The summed E-state index contributed by atoms with van der Waals surface area (Å²) in [5.41, 5.74) is 0.385. The molecule has 8 heteroatoms. The minimum atomic E-state index is -3.60. The van der Waals surface area contributed by atoms with Crippen LogP contribution in [0.1, 0.15) is 29.0 Å². The van der Waals surface area contributed by atoms with Gasteiger partial charge in [0.15, 0.2) is 0 Å². The van der Waals surface area contributed by atoms with Gasteiger partial charge in [-0.1, -0.05) is 0 Å². The normalized spacial score (nSPS) is 15.8. The van der Waals surface area contributed by atoms with Crippen molar-refractivity contribution >= 4 is 15.9 Å². The highest BCUT2D eigenvalue weighted by atomic mass is 32.2. The summed E-state index contributed by atoms with van der Waals surface area (Å²) >= 11 is 0. The van der Waals surface area contributed by atoms with Crippen molar-refractivity contribution in [2.75, 3.05) is 13.6 Å². The summed E-state index contributed by atoms with van der Waals surface area (Å²) in [6, 6.07) is 5.92. The summed E-state index contributed by atoms with van der Waals surface area (Å²) in [7, 11) is -2.06. The van der Waals surface area contributed by atoms with Crippen LogP contribution in [0.25, 0.3) is 0 Å². The van der Waals surface area contributed by atoms with Gasteiger partial charge in [-0.2, -0.15) is 0 Å². The van der Waals surface area contributed by atoms with Crippen LogP contribution in [0.5, 0.6) is 0 Å². The SMILES string of the molecule is CNC(=O)c1ccc(S(=O)(=O)NCC2(Cn3ccnc3C)CC2)cc1. The third-order valence-electron chi connectivity index (χ3n) is 4.68. The number of aromatic nitrogens is 2. The summed E-state index contributed by atoms with van der Waals surface area (Å²) in [6.07, 6.45) is 5.65. The van der Waals surface area contributed by atoms with E-state index >= 15 is 0 Å². The van der Waals surface area contributed by atoms with Crippen LogP contribution in [-0.4, -0.2) is 37.5 Å². The summed E-state index contributed by atoms with van der Waals surface area (Å²) in [5, 5.41) is 2.51. The lowest BCUT2D eigenvalue weighted by atomic mass is 10.1. The zero-order chi connectivity index (χ0) is 18.1. The number of carbonyl (C=O) groups is 1. The summed E-state index contributed by atoms with van der Waals surface area (Å²) < 4.78 is 29.8. The minimum absolute atomic E-state index is 0.0411. The molecule has 1 heterocycles. The second-order valence-electron chi connectivity index (χ2n) is 6.53. The van der Waals surface area contributed by atoms with Gasteiger partial charge >= 0.3 is 0 Å². The number of carbonyl (C=O) groups excluding carboxylic acids is 1. The van der Waals surface area contributed by atoms with Crippen molar-refractivity contribution in [1.82, 2.24) is 19.6 Å². The van der Waals surface area contributed by atoms with Crippen molar-refractivity contribution in [2.24, 2.45) is 5.41 Å². The van der Waals surface area contributed by atoms with Gasteiger partial charge in [0.1, 0.15) is 5.82 Å². The predicted molar refractivity (Wildman–Crippen MR) is 93.7 cm³/mol. The molecule has 3 rings (SSSR count). The predicted octanol–water partition coefficient (Wildman–Crippen LogP) is 1.31. The average molecular weight is 362 g/mol. The number of sulfonamides is 1. The van der Waals surface area contributed by atoms with Crippen molar-refractivity contribution in [3.8, 4) is 0 Å². The van der Waals surface area contributed by atoms with Gasteiger partial charge in [0.2, 0.25) is 10.0 Å². The molecular formula is C17H22N4O3S. The van der Waals surface area contributed by atoms with Gasteiger partial charge in [-0.25, -0.2) is 18.1 Å². The zero-order valence-corrected chi connectivity index (χ0v) is 15.1. The van der Waals surface area contributed by atoms with Gasteiger partial charge in [0.05, 0.1) is 4.90 Å². The van der Waals surface area contributed by atoms with E-state index in [0.29, 0.717) is 12.1 Å². The van der Waals surface area contributed by atoms with Crippen LogP contribution in [0.3, 0.4) is 0 Å².